The largest absolute Gasteiger partial charge is 0.486 e. The van der Waals surface area contributed by atoms with E-state index >= 15 is 0 Å². The second-order valence-electron chi connectivity index (χ2n) is 7.03. The van der Waals surface area contributed by atoms with Crippen molar-refractivity contribution in [2.24, 2.45) is 0 Å². The quantitative estimate of drug-likeness (QED) is 0.794. The molecular formula is C21H24BF3N2. The normalized spacial score (nSPS) is 16.7. The van der Waals surface area contributed by atoms with E-state index < -0.39 is 18.3 Å². The van der Waals surface area contributed by atoms with E-state index in [9.17, 15) is 13.2 Å². The lowest BCUT2D eigenvalue weighted by Gasteiger charge is -2.44. The van der Waals surface area contributed by atoms with Gasteiger partial charge in [0.1, 0.15) is 5.71 Å². The monoisotopic (exact) mass is 372 g/mol. The predicted octanol–water partition coefficient (Wildman–Crippen LogP) is 3.57. The molecule has 0 unspecified atom stereocenters. The minimum absolute atomic E-state index is 0.627. The van der Waals surface area contributed by atoms with E-state index in [0.717, 1.165) is 23.8 Å². The molecule has 1 N–H and O–H groups in total. The third-order valence-corrected chi connectivity index (χ3v) is 5.26. The maximum Gasteiger partial charge on any atom is 0.427 e. The Labute approximate surface area is 158 Å². The molecule has 1 aliphatic rings. The van der Waals surface area contributed by atoms with Gasteiger partial charge in [-0.15, -0.1) is 10.9 Å². The average Bonchev–Trinajstić information content (AvgIpc) is 2.67. The fourth-order valence-electron chi connectivity index (χ4n) is 3.99. The van der Waals surface area contributed by atoms with Crippen molar-refractivity contribution in [2.75, 3.05) is 6.54 Å². The number of hydrogen-bond donors (Lipinski definition) is 1. The van der Waals surface area contributed by atoms with Crippen LogP contribution in [-0.2, 0) is 0 Å². The van der Waals surface area contributed by atoms with Crippen LogP contribution >= 0.6 is 0 Å². The van der Waals surface area contributed by atoms with E-state index in [4.69, 9.17) is 0 Å². The summed E-state index contributed by atoms with van der Waals surface area (Å²) in [6.45, 7) is 4.54. The lowest BCUT2D eigenvalue weighted by Crippen LogP contribution is -2.78. The molecule has 1 heterocycles. The Morgan fingerprint density at radius 3 is 1.89 bits per heavy atom. The molecule has 0 amide bonds. The van der Waals surface area contributed by atoms with Crippen LogP contribution in [0.5, 0.6) is 0 Å². The van der Waals surface area contributed by atoms with Crippen LogP contribution in [0.2, 0.25) is 0 Å². The summed E-state index contributed by atoms with van der Waals surface area (Å²) in [5, 5.41) is 2.93. The summed E-state index contributed by atoms with van der Waals surface area (Å²) in [6.07, 6.45) is -3.34. The summed E-state index contributed by atoms with van der Waals surface area (Å²) in [5.74, 6) is 0. The van der Waals surface area contributed by atoms with Gasteiger partial charge >= 0.3 is 12.6 Å². The van der Waals surface area contributed by atoms with E-state index in [0.29, 0.717) is 12.3 Å². The molecule has 0 fully saturated rings. The first-order valence-electron chi connectivity index (χ1n) is 9.34. The molecule has 0 aliphatic carbocycles. The maximum absolute atomic E-state index is 13.7. The van der Waals surface area contributed by atoms with E-state index in [1.807, 2.05) is 60.7 Å². The zero-order valence-electron chi connectivity index (χ0n) is 15.6. The molecule has 0 aromatic heterocycles. The highest BCUT2D eigenvalue weighted by Crippen LogP contribution is 2.27. The van der Waals surface area contributed by atoms with E-state index in [1.165, 1.54) is 6.08 Å². The first-order valence-corrected chi connectivity index (χ1v) is 9.34. The molecule has 2 aromatic rings. The van der Waals surface area contributed by atoms with Gasteiger partial charge < -0.3 is 9.71 Å². The third-order valence-electron chi connectivity index (χ3n) is 5.26. The molecule has 6 heteroatoms. The van der Waals surface area contributed by atoms with Crippen molar-refractivity contribution in [3.8, 4) is 0 Å². The second-order valence-corrected chi connectivity index (χ2v) is 7.03. The van der Waals surface area contributed by atoms with Crippen molar-refractivity contribution in [2.45, 2.75) is 32.9 Å². The van der Waals surface area contributed by atoms with Gasteiger partial charge in [0.05, 0.1) is 12.2 Å². The molecular weight excluding hydrogens is 348 g/mol. The Balaban J connectivity index is 2.30. The summed E-state index contributed by atoms with van der Waals surface area (Å²) >= 11 is 0. The van der Waals surface area contributed by atoms with E-state index in [-0.39, 0.29) is 0 Å². The van der Waals surface area contributed by atoms with Crippen LogP contribution < -0.4 is 16.2 Å². The molecule has 142 valence electrons. The summed E-state index contributed by atoms with van der Waals surface area (Å²) in [6, 6.07) is 18.9. The number of allylic oxidation sites excluding steroid dienone is 2. The van der Waals surface area contributed by atoms with E-state index in [2.05, 4.69) is 16.6 Å². The summed E-state index contributed by atoms with van der Waals surface area (Å²) in [7, 11) is 0. The van der Waals surface area contributed by atoms with Gasteiger partial charge in [-0.3, -0.25) is 0 Å². The summed E-state index contributed by atoms with van der Waals surface area (Å²) in [4.78, 5) is 0. The highest BCUT2D eigenvalue weighted by Gasteiger charge is 2.49. The number of hydrogen-bond acceptors (Lipinski definition) is 1. The number of nitrogens with one attached hydrogen (secondary N) is 1. The number of alkyl halides is 3. The fraction of sp³-hybridized carbons (Fsp3) is 0.286. The highest BCUT2D eigenvalue weighted by atomic mass is 19.4. The Hall–Kier alpha value is -2.50. The van der Waals surface area contributed by atoms with Crippen LogP contribution in [0.4, 0.5) is 13.2 Å². The first kappa shape index (κ1) is 19.3. The topological polar surface area (TPSA) is 15.0 Å². The summed E-state index contributed by atoms with van der Waals surface area (Å²) in [5.41, 5.74) is 1.62. The molecule has 0 bridgehead atoms. The lowest BCUT2D eigenvalue weighted by molar-refractivity contribution is -0.400. The van der Waals surface area contributed by atoms with Crippen molar-refractivity contribution in [3.05, 3.63) is 72.4 Å². The first-order chi connectivity index (χ1) is 12.9. The zero-order chi connectivity index (χ0) is 19.5. The number of benzene rings is 2. The number of unbranched alkanes of at least 4 members (excludes halogenated alkanes) is 1. The van der Waals surface area contributed by atoms with Crippen molar-refractivity contribution in [1.82, 2.24) is 5.23 Å². The third kappa shape index (κ3) is 3.66. The van der Waals surface area contributed by atoms with E-state index in [1.54, 1.807) is 6.92 Å². The molecule has 0 radical (unpaired) electrons. The van der Waals surface area contributed by atoms with Gasteiger partial charge in [-0.1, -0.05) is 74.0 Å². The van der Waals surface area contributed by atoms with Crippen molar-refractivity contribution in [3.63, 3.8) is 0 Å². The SMILES string of the molecule is CCCC[N+]1=C(C)C=C(C(F)(F)F)N[B-]1(c1ccccc1)c1ccccc1. The number of halogens is 3. The Bertz CT molecular complexity index is 803. The van der Waals surface area contributed by atoms with Crippen LogP contribution in [-0.4, -0.2) is 29.3 Å². The fourth-order valence-corrected chi connectivity index (χ4v) is 3.99. The van der Waals surface area contributed by atoms with Gasteiger partial charge in [-0.05, 0) is 0 Å². The summed E-state index contributed by atoms with van der Waals surface area (Å²) < 4.78 is 43.3. The molecule has 2 nitrogen and oxygen atoms in total. The molecule has 27 heavy (non-hydrogen) atoms. The maximum atomic E-state index is 13.7. The second kappa shape index (κ2) is 7.63. The van der Waals surface area contributed by atoms with Crippen LogP contribution in [0.1, 0.15) is 26.7 Å². The minimum atomic E-state index is -4.44. The van der Waals surface area contributed by atoms with Crippen molar-refractivity contribution >= 4 is 23.1 Å². The van der Waals surface area contributed by atoms with Gasteiger partial charge in [0.2, 0.25) is 0 Å². The molecule has 0 atom stereocenters. The molecule has 1 aliphatic heterocycles. The van der Waals surface area contributed by atoms with Crippen LogP contribution in [0.15, 0.2) is 72.4 Å². The van der Waals surface area contributed by atoms with Gasteiger partial charge in [-0.2, -0.15) is 13.2 Å². The van der Waals surface area contributed by atoms with Crippen LogP contribution in [0.3, 0.4) is 0 Å². The van der Waals surface area contributed by atoms with Gasteiger partial charge in [0.25, 0.3) is 0 Å². The molecule has 0 saturated heterocycles. The van der Waals surface area contributed by atoms with Gasteiger partial charge in [0.15, 0.2) is 0 Å². The Morgan fingerprint density at radius 1 is 0.926 bits per heavy atom. The number of rotatable bonds is 5. The van der Waals surface area contributed by atoms with Crippen molar-refractivity contribution in [1.29, 1.82) is 0 Å². The standard InChI is InChI=1S/C21H24BF3N2/c1-3-4-15-27-17(2)16-20(21(23,24)25)26-22(27,18-11-7-5-8-12-18)19-13-9-6-10-14-19/h5-14,16,26H,3-4,15H2,1-2H3. The molecule has 2 aromatic carbocycles. The van der Waals surface area contributed by atoms with Crippen LogP contribution in [0, 0.1) is 0 Å². The average molecular weight is 372 g/mol. The van der Waals surface area contributed by atoms with Gasteiger partial charge in [0, 0.05) is 19.4 Å². The molecule has 0 saturated carbocycles. The Kier molecular flexibility index (Phi) is 5.44. The minimum Gasteiger partial charge on any atom is -0.486 e. The number of nitrogens with zero attached hydrogens (tertiary/aromatic N) is 1. The highest BCUT2D eigenvalue weighted by molar-refractivity contribution is 6.95. The van der Waals surface area contributed by atoms with Crippen molar-refractivity contribution < 1.29 is 17.7 Å². The smallest absolute Gasteiger partial charge is 0.427 e. The van der Waals surface area contributed by atoms with Crippen LogP contribution in [0.25, 0.3) is 0 Å². The predicted molar refractivity (Wildman–Crippen MR) is 106 cm³/mol. The van der Waals surface area contributed by atoms with Gasteiger partial charge in [-0.25, -0.2) is 0 Å². The molecule has 0 spiro atoms. The molecule has 3 rings (SSSR count). The zero-order valence-corrected chi connectivity index (χ0v) is 15.6. The lowest BCUT2D eigenvalue weighted by atomic mass is 9.35. The Morgan fingerprint density at radius 2 is 1.44 bits per heavy atom.